The van der Waals surface area contributed by atoms with Gasteiger partial charge in [0.1, 0.15) is 23.1 Å². The number of benzene rings is 3. The predicted molar refractivity (Wildman–Crippen MR) is 148 cm³/mol. The average Bonchev–Trinajstić information content (AvgIpc) is 2.81. The second kappa shape index (κ2) is 12.2. The molecule has 200 valence electrons. The zero-order chi connectivity index (χ0) is 27.2. The number of rotatable bonds is 12. The van der Waals surface area contributed by atoms with Crippen molar-refractivity contribution in [1.82, 2.24) is 0 Å². The molecule has 0 saturated carbocycles. The van der Waals surface area contributed by atoms with E-state index in [4.69, 9.17) is 9.47 Å². The van der Waals surface area contributed by atoms with Gasteiger partial charge in [0.25, 0.3) is 0 Å². The first kappa shape index (κ1) is 28.9. The van der Waals surface area contributed by atoms with Crippen LogP contribution in [0.4, 0.5) is 31.5 Å². The summed E-state index contributed by atoms with van der Waals surface area (Å²) < 4.78 is 94.4. The molecule has 0 bridgehead atoms. The highest BCUT2D eigenvalue weighted by atomic mass is 127. The van der Waals surface area contributed by atoms with Crippen molar-refractivity contribution in [3.05, 3.63) is 69.8 Å². The van der Waals surface area contributed by atoms with E-state index < -0.39 is 37.4 Å². The summed E-state index contributed by atoms with van der Waals surface area (Å²) in [5, 5.41) is 2.72. The molecular formula is C23H24F2IN3O6S2. The van der Waals surface area contributed by atoms with Crippen molar-refractivity contribution in [2.24, 2.45) is 0 Å². The summed E-state index contributed by atoms with van der Waals surface area (Å²) in [6.07, 6.45) is 0. The van der Waals surface area contributed by atoms with Crippen molar-refractivity contribution < 1.29 is 35.1 Å². The van der Waals surface area contributed by atoms with Gasteiger partial charge >= 0.3 is 0 Å². The van der Waals surface area contributed by atoms with Crippen molar-refractivity contribution in [3.63, 3.8) is 0 Å². The van der Waals surface area contributed by atoms with E-state index in [0.717, 1.165) is 12.1 Å². The van der Waals surface area contributed by atoms with Gasteiger partial charge in [-0.25, -0.2) is 25.6 Å². The van der Waals surface area contributed by atoms with E-state index in [0.29, 0.717) is 3.57 Å². The quantitative estimate of drug-likeness (QED) is 0.226. The topological polar surface area (TPSA) is 123 Å². The highest BCUT2D eigenvalue weighted by Gasteiger charge is 2.21. The van der Waals surface area contributed by atoms with Crippen LogP contribution in [0, 0.1) is 15.2 Å². The third-order valence-electron chi connectivity index (χ3n) is 4.80. The molecule has 0 saturated heterocycles. The minimum absolute atomic E-state index is 0.0229. The van der Waals surface area contributed by atoms with Crippen molar-refractivity contribution >= 4 is 65.4 Å². The smallest absolute Gasteiger partial charge is 0.235 e. The van der Waals surface area contributed by atoms with Gasteiger partial charge < -0.3 is 14.8 Å². The van der Waals surface area contributed by atoms with Gasteiger partial charge in [0.05, 0.1) is 35.2 Å². The van der Waals surface area contributed by atoms with Gasteiger partial charge in [0.15, 0.2) is 5.75 Å². The molecule has 0 spiro atoms. The molecular weight excluding hydrogens is 643 g/mol. The van der Waals surface area contributed by atoms with E-state index in [2.05, 4.69) is 14.8 Å². The van der Waals surface area contributed by atoms with E-state index in [-0.39, 0.29) is 46.6 Å². The summed E-state index contributed by atoms with van der Waals surface area (Å²) in [7, 11) is -6.23. The molecule has 0 aliphatic carbocycles. The fourth-order valence-corrected chi connectivity index (χ4v) is 5.10. The normalized spacial score (nSPS) is 11.7. The summed E-state index contributed by atoms with van der Waals surface area (Å²) in [4.78, 5) is 0. The van der Waals surface area contributed by atoms with Crippen LogP contribution in [0.5, 0.6) is 11.5 Å². The van der Waals surface area contributed by atoms with E-state index in [1.807, 2.05) is 22.6 Å². The first-order valence-corrected chi connectivity index (χ1v) is 15.1. The fourth-order valence-electron chi connectivity index (χ4n) is 3.00. The summed E-state index contributed by atoms with van der Waals surface area (Å²) in [6.45, 7) is 1.36. The zero-order valence-corrected chi connectivity index (χ0v) is 23.5. The van der Waals surface area contributed by atoms with Crippen LogP contribution in [0.15, 0.2) is 54.6 Å². The van der Waals surface area contributed by atoms with E-state index >= 15 is 0 Å². The first-order chi connectivity index (χ1) is 17.4. The van der Waals surface area contributed by atoms with Gasteiger partial charge in [-0.05, 0) is 65.9 Å². The lowest BCUT2D eigenvalue weighted by Gasteiger charge is -2.19. The number of ether oxygens (including phenoxy) is 2. The summed E-state index contributed by atoms with van der Waals surface area (Å²) in [5.74, 6) is -2.16. The summed E-state index contributed by atoms with van der Waals surface area (Å²) in [6, 6.07) is 12.1. The Bertz CT molecular complexity index is 1490. The molecule has 37 heavy (non-hydrogen) atoms. The van der Waals surface area contributed by atoms with Crippen molar-refractivity contribution in [2.75, 3.05) is 40.0 Å². The monoisotopic (exact) mass is 667 g/mol. The molecule has 0 aliphatic heterocycles. The number of methoxy groups -OCH3 is 1. The van der Waals surface area contributed by atoms with Crippen LogP contribution in [0.3, 0.4) is 0 Å². The van der Waals surface area contributed by atoms with Gasteiger partial charge in [-0.3, -0.25) is 9.44 Å². The lowest BCUT2D eigenvalue weighted by Crippen LogP contribution is -2.21. The number of halogens is 3. The average molecular weight is 667 g/mol. The maximum atomic E-state index is 14.7. The van der Waals surface area contributed by atoms with Crippen molar-refractivity contribution in [2.45, 2.75) is 6.92 Å². The highest BCUT2D eigenvalue weighted by molar-refractivity contribution is 14.1. The van der Waals surface area contributed by atoms with Crippen LogP contribution in [0.25, 0.3) is 0 Å². The molecule has 3 N–H and O–H groups in total. The first-order valence-electron chi connectivity index (χ1n) is 10.7. The van der Waals surface area contributed by atoms with Gasteiger partial charge in [0.2, 0.25) is 20.0 Å². The maximum absolute atomic E-state index is 14.7. The molecule has 0 atom stereocenters. The number of hydrogen-bond acceptors (Lipinski definition) is 7. The van der Waals surface area contributed by atoms with Gasteiger partial charge in [-0.1, -0.05) is 6.07 Å². The Morgan fingerprint density at radius 2 is 1.68 bits per heavy atom. The number of anilines is 4. The molecule has 14 heteroatoms. The molecule has 3 aromatic rings. The van der Waals surface area contributed by atoms with E-state index in [1.54, 1.807) is 6.07 Å². The lowest BCUT2D eigenvalue weighted by atomic mass is 10.2. The molecule has 0 aliphatic rings. The Morgan fingerprint density at radius 1 is 0.919 bits per heavy atom. The van der Waals surface area contributed by atoms with Crippen molar-refractivity contribution in [1.29, 1.82) is 0 Å². The standard InChI is InChI=1S/C23H24F2IN3O6S2/c1-3-36(30,31)28-17-5-4-6-18(14-17)35-22-12-15(24)11-21(23(22)29-37(32,33)10-9-34-2)27-20-8-7-16(26)13-19(20)25/h4-8,11-14,27-29H,3,9-10H2,1-2H3. The van der Waals surface area contributed by atoms with Crippen molar-refractivity contribution in [3.8, 4) is 11.5 Å². The van der Waals surface area contributed by atoms with E-state index in [1.165, 1.54) is 50.4 Å². The third-order valence-corrected chi connectivity index (χ3v) is 7.99. The second-order valence-electron chi connectivity index (χ2n) is 7.62. The Kier molecular flexibility index (Phi) is 9.55. The zero-order valence-electron chi connectivity index (χ0n) is 19.7. The molecule has 9 nitrogen and oxygen atoms in total. The van der Waals surface area contributed by atoms with Gasteiger partial charge in [-0.2, -0.15) is 0 Å². The third kappa shape index (κ3) is 8.41. The minimum Gasteiger partial charge on any atom is -0.455 e. The van der Waals surface area contributed by atoms with Gasteiger partial charge in [0, 0.05) is 22.8 Å². The maximum Gasteiger partial charge on any atom is 0.235 e. The van der Waals surface area contributed by atoms with Crippen LogP contribution in [-0.4, -0.2) is 42.1 Å². The van der Waals surface area contributed by atoms with Gasteiger partial charge in [-0.15, -0.1) is 0 Å². The molecule has 0 unspecified atom stereocenters. The second-order valence-corrected chi connectivity index (χ2v) is 12.7. The molecule has 0 fully saturated rings. The molecule has 0 amide bonds. The molecule has 3 aromatic carbocycles. The number of nitrogens with one attached hydrogen (secondary N) is 3. The Balaban J connectivity index is 2.06. The van der Waals surface area contributed by atoms with Crippen LogP contribution >= 0.6 is 22.6 Å². The van der Waals surface area contributed by atoms with Crippen LogP contribution in [0.2, 0.25) is 0 Å². The van der Waals surface area contributed by atoms with E-state index in [9.17, 15) is 25.6 Å². The fraction of sp³-hybridized carbons (Fsp3) is 0.217. The Morgan fingerprint density at radius 3 is 2.35 bits per heavy atom. The van der Waals surface area contributed by atoms with Crippen LogP contribution in [0.1, 0.15) is 6.92 Å². The molecule has 0 heterocycles. The van der Waals surface area contributed by atoms with Crippen LogP contribution < -0.4 is 19.5 Å². The number of hydrogen-bond donors (Lipinski definition) is 3. The predicted octanol–water partition coefficient (Wildman–Crippen LogP) is 5.26. The Hall–Kier alpha value is -2.69. The number of sulfonamides is 2. The molecule has 0 aromatic heterocycles. The minimum atomic E-state index is -4.00. The van der Waals surface area contributed by atoms with Crippen LogP contribution in [-0.2, 0) is 24.8 Å². The SMILES string of the molecule is CCS(=O)(=O)Nc1cccc(Oc2cc(F)cc(Nc3ccc(I)cc3F)c2NS(=O)(=O)CCOC)c1. The Labute approximate surface area is 227 Å². The summed E-state index contributed by atoms with van der Waals surface area (Å²) >= 11 is 1.93. The highest BCUT2D eigenvalue weighted by Crippen LogP contribution is 2.40. The molecule has 3 rings (SSSR count). The lowest BCUT2D eigenvalue weighted by molar-refractivity contribution is 0.217. The molecule has 0 radical (unpaired) electrons. The summed E-state index contributed by atoms with van der Waals surface area (Å²) in [5.41, 5.74) is -0.128. The largest absolute Gasteiger partial charge is 0.455 e.